The molecule has 2 fully saturated rings. The highest BCUT2D eigenvalue weighted by atomic mass is 16.5. The highest BCUT2D eigenvalue weighted by molar-refractivity contribution is 5.27. The molecule has 0 amide bonds. The van der Waals surface area contributed by atoms with Gasteiger partial charge in [0.1, 0.15) is 5.75 Å². The average Bonchev–Trinajstić information content (AvgIpc) is 3.12. The Morgan fingerprint density at radius 3 is 2.54 bits per heavy atom. The molecule has 1 aliphatic heterocycles. The quantitative estimate of drug-likeness (QED) is 0.833. The van der Waals surface area contributed by atoms with E-state index in [1.165, 1.54) is 31.2 Å². The Morgan fingerprint density at radius 2 is 1.88 bits per heavy atom. The average molecular weight is 332 g/mol. The van der Waals surface area contributed by atoms with E-state index < -0.39 is 0 Å². The first kappa shape index (κ1) is 17.7. The second-order valence-corrected chi connectivity index (χ2v) is 7.15. The minimum Gasteiger partial charge on any atom is -0.494 e. The van der Waals surface area contributed by atoms with Gasteiger partial charge >= 0.3 is 0 Å². The highest BCUT2D eigenvalue weighted by Crippen LogP contribution is 2.28. The van der Waals surface area contributed by atoms with Gasteiger partial charge in [0.2, 0.25) is 0 Å². The molecule has 4 nitrogen and oxygen atoms in total. The Labute approximate surface area is 146 Å². The summed E-state index contributed by atoms with van der Waals surface area (Å²) in [6, 6.07) is 9.76. The number of nitrogens with zero attached hydrogens (tertiary/aromatic N) is 2. The van der Waals surface area contributed by atoms with E-state index in [2.05, 4.69) is 34.1 Å². The lowest BCUT2D eigenvalue weighted by molar-refractivity contribution is 0.0267. The minimum atomic E-state index is 0.296. The van der Waals surface area contributed by atoms with Crippen LogP contribution in [-0.2, 0) is 6.54 Å². The first-order chi connectivity index (χ1) is 11.8. The van der Waals surface area contributed by atoms with E-state index in [0.717, 1.165) is 44.4 Å². The molecule has 2 aliphatic rings. The third-order valence-corrected chi connectivity index (χ3v) is 5.51. The Morgan fingerprint density at radius 1 is 1.12 bits per heavy atom. The Hall–Kier alpha value is -1.10. The fraction of sp³-hybridized carbons (Fsp3) is 0.700. The van der Waals surface area contributed by atoms with E-state index in [9.17, 15) is 5.11 Å². The standard InChI is InChI=1S/C20H32N2O2/c1-2-24-20-9-7-17(8-10-20)15-21-12-13-22(18-5-3-4-6-18)19(16-21)11-14-23/h7-10,18-19,23H,2-6,11-16H2,1H3/t19-/m0/s1. The zero-order valence-corrected chi connectivity index (χ0v) is 15.0. The van der Waals surface area contributed by atoms with Crippen LogP contribution in [0.3, 0.4) is 0 Å². The Balaban J connectivity index is 1.57. The number of benzene rings is 1. The Bertz CT molecular complexity index is 485. The van der Waals surface area contributed by atoms with Crippen LogP contribution in [0.4, 0.5) is 0 Å². The number of hydrogen-bond acceptors (Lipinski definition) is 4. The molecule has 1 aromatic rings. The summed E-state index contributed by atoms with van der Waals surface area (Å²) in [6.45, 7) is 7.37. The molecule has 1 N–H and O–H groups in total. The van der Waals surface area contributed by atoms with E-state index >= 15 is 0 Å². The summed E-state index contributed by atoms with van der Waals surface area (Å²) in [5.41, 5.74) is 1.34. The van der Waals surface area contributed by atoms with Gasteiger partial charge < -0.3 is 9.84 Å². The number of ether oxygens (including phenoxy) is 1. The van der Waals surface area contributed by atoms with Crippen molar-refractivity contribution in [2.45, 2.75) is 57.7 Å². The van der Waals surface area contributed by atoms with Crippen LogP contribution in [0.25, 0.3) is 0 Å². The van der Waals surface area contributed by atoms with Crippen molar-refractivity contribution in [2.24, 2.45) is 0 Å². The van der Waals surface area contributed by atoms with E-state index in [0.29, 0.717) is 19.3 Å². The summed E-state index contributed by atoms with van der Waals surface area (Å²) in [5, 5.41) is 9.48. The van der Waals surface area contributed by atoms with Crippen molar-refractivity contribution in [1.29, 1.82) is 0 Å². The molecule has 1 saturated heterocycles. The predicted molar refractivity (Wildman–Crippen MR) is 97.3 cm³/mol. The number of hydrogen-bond donors (Lipinski definition) is 1. The van der Waals surface area contributed by atoms with E-state index in [4.69, 9.17) is 4.74 Å². The number of aliphatic hydroxyl groups is 1. The van der Waals surface area contributed by atoms with Gasteiger partial charge in [-0.3, -0.25) is 9.80 Å². The smallest absolute Gasteiger partial charge is 0.119 e. The number of aliphatic hydroxyl groups excluding tert-OH is 1. The molecule has 1 heterocycles. The third-order valence-electron chi connectivity index (χ3n) is 5.51. The van der Waals surface area contributed by atoms with Crippen molar-refractivity contribution >= 4 is 0 Å². The fourth-order valence-corrected chi connectivity index (χ4v) is 4.32. The van der Waals surface area contributed by atoms with E-state index in [1.807, 2.05) is 6.92 Å². The van der Waals surface area contributed by atoms with Gasteiger partial charge in [0.15, 0.2) is 0 Å². The first-order valence-corrected chi connectivity index (χ1v) is 9.61. The van der Waals surface area contributed by atoms with Crippen LogP contribution in [0.2, 0.25) is 0 Å². The molecule has 0 radical (unpaired) electrons. The molecular formula is C20H32N2O2. The number of rotatable bonds is 7. The van der Waals surface area contributed by atoms with Gasteiger partial charge in [-0.15, -0.1) is 0 Å². The molecular weight excluding hydrogens is 300 g/mol. The largest absolute Gasteiger partial charge is 0.494 e. The van der Waals surface area contributed by atoms with Crippen LogP contribution in [-0.4, -0.2) is 59.8 Å². The normalized spacial score (nSPS) is 23.7. The molecule has 1 atom stereocenters. The molecule has 24 heavy (non-hydrogen) atoms. The van der Waals surface area contributed by atoms with Crippen LogP contribution in [0.5, 0.6) is 5.75 Å². The van der Waals surface area contributed by atoms with Crippen LogP contribution < -0.4 is 4.74 Å². The van der Waals surface area contributed by atoms with Crippen LogP contribution in [0.1, 0.15) is 44.6 Å². The lowest BCUT2D eigenvalue weighted by Gasteiger charge is -2.44. The molecule has 3 rings (SSSR count). The van der Waals surface area contributed by atoms with Crippen LogP contribution in [0.15, 0.2) is 24.3 Å². The second-order valence-electron chi connectivity index (χ2n) is 7.15. The maximum atomic E-state index is 9.48. The van der Waals surface area contributed by atoms with E-state index in [-0.39, 0.29) is 0 Å². The highest BCUT2D eigenvalue weighted by Gasteiger charge is 2.32. The van der Waals surface area contributed by atoms with Crippen molar-refractivity contribution in [1.82, 2.24) is 9.80 Å². The van der Waals surface area contributed by atoms with Gasteiger partial charge in [-0.1, -0.05) is 25.0 Å². The zero-order chi connectivity index (χ0) is 16.8. The molecule has 0 aromatic heterocycles. The van der Waals surface area contributed by atoms with Crippen molar-refractivity contribution in [3.63, 3.8) is 0 Å². The summed E-state index contributed by atoms with van der Waals surface area (Å²) in [6.07, 6.45) is 6.35. The lowest BCUT2D eigenvalue weighted by atomic mass is 10.0. The number of piperazine rings is 1. The van der Waals surface area contributed by atoms with Crippen molar-refractivity contribution in [3.05, 3.63) is 29.8 Å². The van der Waals surface area contributed by atoms with Gasteiger partial charge in [0.05, 0.1) is 6.61 Å². The molecule has 1 aromatic carbocycles. The maximum absolute atomic E-state index is 9.48. The van der Waals surface area contributed by atoms with Crippen molar-refractivity contribution in [2.75, 3.05) is 32.8 Å². The summed E-state index contributed by atoms with van der Waals surface area (Å²) >= 11 is 0. The molecule has 0 bridgehead atoms. The SMILES string of the molecule is CCOc1ccc(CN2CCN(C3CCCC3)[C@@H](CCO)C2)cc1. The second kappa shape index (κ2) is 8.84. The van der Waals surface area contributed by atoms with Crippen LogP contribution in [0, 0.1) is 0 Å². The fourth-order valence-electron chi connectivity index (χ4n) is 4.32. The molecule has 0 spiro atoms. The molecule has 4 heteroatoms. The maximum Gasteiger partial charge on any atom is 0.119 e. The summed E-state index contributed by atoms with van der Waals surface area (Å²) < 4.78 is 5.52. The first-order valence-electron chi connectivity index (χ1n) is 9.61. The topological polar surface area (TPSA) is 35.9 Å². The van der Waals surface area contributed by atoms with Gasteiger partial charge in [0, 0.05) is 44.9 Å². The lowest BCUT2D eigenvalue weighted by Crippen LogP contribution is -2.55. The van der Waals surface area contributed by atoms with Gasteiger partial charge in [-0.2, -0.15) is 0 Å². The molecule has 1 saturated carbocycles. The molecule has 0 unspecified atom stereocenters. The molecule has 1 aliphatic carbocycles. The Kier molecular flexibility index (Phi) is 6.52. The minimum absolute atomic E-state index is 0.296. The zero-order valence-electron chi connectivity index (χ0n) is 15.0. The van der Waals surface area contributed by atoms with Gasteiger partial charge in [0.25, 0.3) is 0 Å². The monoisotopic (exact) mass is 332 g/mol. The van der Waals surface area contributed by atoms with Crippen molar-refractivity contribution < 1.29 is 9.84 Å². The van der Waals surface area contributed by atoms with Gasteiger partial charge in [-0.05, 0) is 43.9 Å². The molecule has 134 valence electrons. The third kappa shape index (κ3) is 4.50. The van der Waals surface area contributed by atoms with E-state index in [1.54, 1.807) is 0 Å². The summed E-state index contributed by atoms with van der Waals surface area (Å²) in [7, 11) is 0. The van der Waals surface area contributed by atoms with Crippen molar-refractivity contribution in [3.8, 4) is 5.75 Å². The summed E-state index contributed by atoms with van der Waals surface area (Å²) in [4.78, 5) is 5.24. The summed E-state index contributed by atoms with van der Waals surface area (Å²) in [5.74, 6) is 0.949. The van der Waals surface area contributed by atoms with Gasteiger partial charge in [-0.25, -0.2) is 0 Å². The van der Waals surface area contributed by atoms with Crippen LogP contribution >= 0.6 is 0 Å². The predicted octanol–water partition coefficient (Wildman–Crippen LogP) is 2.90.